The lowest BCUT2D eigenvalue weighted by atomic mass is 10.0. The van der Waals surface area contributed by atoms with E-state index in [-0.39, 0.29) is 5.78 Å². The zero-order valence-electron chi connectivity index (χ0n) is 9.40. The number of rotatable bonds is 2. The molecule has 2 heteroatoms. The van der Waals surface area contributed by atoms with Gasteiger partial charge in [-0.25, -0.2) is 0 Å². The minimum atomic E-state index is 0.0921. The zero-order valence-corrected chi connectivity index (χ0v) is 9.40. The van der Waals surface area contributed by atoms with E-state index < -0.39 is 0 Å². The fourth-order valence-electron chi connectivity index (χ4n) is 1.65. The van der Waals surface area contributed by atoms with Crippen molar-refractivity contribution in [1.29, 1.82) is 0 Å². The number of carbonyl (C=O) groups excluding carboxylic acids is 1. The maximum absolute atomic E-state index is 11.1. The first-order valence-corrected chi connectivity index (χ1v) is 5.20. The SMILES string of the molecule is CC(=O)c1ccc(-c2cnccc2C)cc1. The highest BCUT2D eigenvalue weighted by atomic mass is 16.1. The summed E-state index contributed by atoms with van der Waals surface area (Å²) >= 11 is 0. The first-order valence-electron chi connectivity index (χ1n) is 5.20. The molecule has 0 unspecified atom stereocenters. The van der Waals surface area contributed by atoms with E-state index in [0.29, 0.717) is 0 Å². The highest BCUT2D eigenvalue weighted by molar-refractivity contribution is 5.94. The van der Waals surface area contributed by atoms with Crippen LogP contribution < -0.4 is 0 Å². The number of pyridine rings is 1. The van der Waals surface area contributed by atoms with Gasteiger partial charge in [-0.1, -0.05) is 24.3 Å². The normalized spacial score (nSPS) is 10.1. The Morgan fingerprint density at radius 2 is 1.81 bits per heavy atom. The fraction of sp³-hybridized carbons (Fsp3) is 0.143. The first kappa shape index (κ1) is 10.6. The molecule has 1 aromatic carbocycles. The molecule has 80 valence electrons. The van der Waals surface area contributed by atoms with Gasteiger partial charge in [0.1, 0.15) is 0 Å². The van der Waals surface area contributed by atoms with Crippen LogP contribution in [0.25, 0.3) is 11.1 Å². The molecule has 0 N–H and O–H groups in total. The molecule has 0 radical (unpaired) electrons. The molecule has 1 aromatic heterocycles. The number of nitrogens with zero attached hydrogens (tertiary/aromatic N) is 1. The smallest absolute Gasteiger partial charge is 0.159 e. The quantitative estimate of drug-likeness (QED) is 0.714. The minimum Gasteiger partial charge on any atom is -0.295 e. The predicted octanol–water partition coefficient (Wildman–Crippen LogP) is 3.26. The van der Waals surface area contributed by atoms with Crippen LogP contribution in [0.5, 0.6) is 0 Å². The van der Waals surface area contributed by atoms with E-state index in [1.807, 2.05) is 36.5 Å². The maximum atomic E-state index is 11.1. The number of carbonyl (C=O) groups is 1. The van der Waals surface area contributed by atoms with Gasteiger partial charge in [-0.05, 0) is 31.0 Å². The van der Waals surface area contributed by atoms with Gasteiger partial charge in [-0.15, -0.1) is 0 Å². The van der Waals surface area contributed by atoms with Gasteiger partial charge < -0.3 is 0 Å². The van der Waals surface area contributed by atoms with Crippen molar-refractivity contribution in [2.45, 2.75) is 13.8 Å². The van der Waals surface area contributed by atoms with Crippen molar-refractivity contribution in [3.63, 3.8) is 0 Å². The zero-order chi connectivity index (χ0) is 11.5. The summed E-state index contributed by atoms with van der Waals surface area (Å²) in [7, 11) is 0. The Balaban J connectivity index is 2.43. The Morgan fingerprint density at radius 3 is 2.38 bits per heavy atom. The van der Waals surface area contributed by atoms with E-state index in [4.69, 9.17) is 0 Å². The number of ketones is 1. The molecule has 1 heterocycles. The van der Waals surface area contributed by atoms with E-state index in [9.17, 15) is 4.79 Å². The number of aryl methyl sites for hydroxylation is 1. The van der Waals surface area contributed by atoms with Crippen LogP contribution in [0.2, 0.25) is 0 Å². The summed E-state index contributed by atoms with van der Waals surface area (Å²) in [6.45, 7) is 3.63. The Morgan fingerprint density at radius 1 is 1.12 bits per heavy atom. The van der Waals surface area contributed by atoms with Crippen molar-refractivity contribution in [2.75, 3.05) is 0 Å². The molecule has 2 rings (SSSR count). The summed E-state index contributed by atoms with van der Waals surface area (Å²) in [5, 5.41) is 0. The number of benzene rings is 1. The van der Waals surface area contributed by atoms with Crippen LogP contribution in [0, 0.1) is 6.92 Å². The van der Waals surface area contributed by atoms with Gasteiger partial charge in [-0.2, -0.15) is 0 Å². The van der Waals surface area contributed by atoms with Crippen LogP contribution >= 0.6 is 0 Å². The third kappa shape index (κ3) is 2.01. The van der Waals surface area contributed by atoms with Crippen LogP contribution in [0.3, 0.4) is 0 Å². The van der Waals surface area contributed by atoms with E-state index in [0.717, 1.165) is 16.7 Å². The van der Waals surface area contributed by atoms with E-state index in [2.05, 4.69) is 11.9 Å². The molecule has 0 fully saturated rings. The molecule has 0 spiro atoms. The molecule has 0 aliphatic carbocycles. The monoisotopic (exact) mass is 211 g/mol. The van der Waals surface area contributed by atoms with E-state index in [1.165, 1.54) is 5.56 Å². The number of hydrogen-bond acceptors (Lipinski definition) is 2. The van der Waals surface area contributed by atoms with Gasteiger partial charge in [0.25, 0.3) is 0 Å². The van der Waals surface area contributed by atoms with Gasteiger partial charge in [0.15, 0.2) is 5.78 Å². The lowest BCUT2D eigenvalue weighted by molar-refractivity contribution is 0.101. The number of aromatic nitrogens is 1. The second-order valence-corrected chi connectivity index (χ2v) is 3.82. The average Bonchev–Trinajstić information content (AvgIpc) is 2.30. The van der Waals surface area contributed by atoms with Gasteiger partial charge in [-0.3, -0.25) is 9.78 Å². The second kappa shape index (κ2) is 4.27. The molecular formula is C14H13NO. The first-order chi connectivity index (χ1) is 7.68. The average molecular weight is 211 g/mol. The van der Waals surface area contributed by atoms with Crippen LogP contribution in [0.15, 0.2) is 42.7 Å². The summed E-state index contributed by atoms with van der Waals surface area (Å²) in [5.41, 5.74) is 4.13. The molecular weight excluding hydrogens is 198 g/mol. The summed E-state index contributed by atoms with van der Waals surface area (Å²) in [4.78, 5) is 15.3. The molecule has 0 saturated heterocycles. The highest BCUT2D eigenvalue weighted by Crippen LogP contribution is 2.22. The summed E-state index contributed by atoms with van der Waals surface area (Å²) < 4.78 is 0. The van der Waals surface area contributed by atoms with E-state index >= 15 is 0 Å². The third-order valence-electron chi connectivity index (χ3n) is 2.64. The topological polar surface area (TPSA) is 30.0 Å². The Hall–Kier alpha value is -1.96. The van der Waals surface area contributed by atoms with Crippen molar-refractivity contribution in [1.82, 2.24) is 4.98 Å². The van der Waals surface area contributed by atoms with Gasteiger partial charge in [0, 0.05) is 23.5 Å². The maximum Gasteiger partial charge on any atom is 0.159 e. The van der Waals surface area contributed by atoms with Crippen molar-refractivity contribution in [2.24, 2.45) is 0 Å². The van der Waals surface area contributed by atoms with Gasteiger partial charge in [0.05, 0.1) is 0 Å². The summed E-state index contributed by atoms with van der Waals surface area (Å²) in [6.07, 6.45) is 3.63. The molecule has 2 nitrogen and oxygen atoms in total. The molecule has 0 saturated carbocycles. The van der Waals surface area contributed by atoms with Crippen LogP contribution in [0.4, 0.5) is 0 Å². The van der Waals surface area contributed by atoms with Crippen LogP contribution in [-0.4, -0.2) is 10.8 Å². The Bertz CT molecular complexity index is 515. The lowest BCUT2D eigenvalue weighted by Gasteiger charge is -2.05. The van der Waals surface area contributed by atoms with Crippen molar-refractivity contribution in [3.8, 4) is 11.1 Å². The summed E-state index contributed by atoms with van der Waals surface area (Å²) in [6, 6.07) is 9.60. The van der Waals surface area contributed by atoms with Crippen LogP contribution in [-0.2, 0) is 0 Å². The standard InChI is InChI=1S/C14H13NO/c1-10-7-8-15-9-14(10)13-5-3-12(4-6-13)11(2)16/h3-9H,1-2H3. The molecule has 0 aliphatic heterocycles. The van der Waals surface area contributed by atoms with Gasteiger partial charge >= 0.3 is 0 Å². The Labute approximate surface area is 95.0 Å². The fourth-order valence-corrected chi connectivity index (χ4v) is 1.65. The molecule has 2 aromatic rings. The minimum absolute atomic E-state index is 0.0921. The molecule has 16 heavy (non-hydrogen) atoms. The summed E-state index contributed by atoms with van der Waals surface area (Å²) in [5.74, 6) is 0.0921. The third-order valence-corrected chi connectivity index (χ3v) is 2.64. The van der Waals surface area contributed by atoms with Crippen molar-refractivity contribution >= 4 is 5.78 Å². The largest absolute Gasteiger partial charge is 0.295 e. The van der Waals surface area contributed by atoms with Crippen LogP contribution in [0.1, 0.15) is 22.8 Å². The molecule has 0 aliphatic rings. The second-order valence-electron chi connectivity index (χ2n) is 3.82. The lowest BCUT2D eigenvalue weighted by Crippen LogP contribution is -1.91. The highest BCUT2D eigenvalue weighted by Gasteiger charge is 2.03. The van der Waals surface area contributed by atoms with Gasteiger partial charge in [0.2, 0.25) is 0 Å². The molecule has 0 atom stereocenters. The number of hydrogen-bond donors (Lipinski definition) is 0. The van der Waals surface area contributed by atoms with Crippen molar-refractivity contribution < 1.29 is 4.79 Å². The Kier molecular flexibility index (Phi) is 2.82. The van der Waals surface area contributed by atoms with Crippen molar-refractivity contribution in [3.05, 3.63) is 53.9 Å². The molecule has 0 amide bonds. The predicted molar refractivity (Wildman–Crippen MR) is 64.4 cm³/mol. The van der Waals surface area contributed by atoms with E-state index in [1.54, 1.807) is 13.1 Å². The molecule has 0 bridgehead atoms. The number of Topliss-reactive ketones (excluding diaryl/α,β-unsaturated/α-hetero) is 1.